The Balaban J connectivity index is 1.51. The number of carbonyl (C=O) groups is 2. The Labute approximate surface area is 143 Å². The van der Waals surface area contributed by atoms with E-state index in [1.165, 1.54) is 12.1 Å². The predicted octanol–water partition coefficient (Wildman–Crippen LogP) is 3.91. The molecule has 0 spiro atoms. The first-order chi connectivity index (χ1) is 12.1. The minimum absolute atomic E-state index is 0.00886. The van der Waals surface area contributed by atoms with Crippen molar-refractivity contribution in [2.24, 2.45) is 5.92 Å². The molecule has 3 N–H and O–H groups in total. The summed E-state index contributed by atoms with van der Waals surface area (Å²) in [5.41, 5.74) is 2.03. The second-order valence-corrected chi connectivity index (χ2v) is 6.18. The maximum atomic E-state index is 13.7. The van der Waals surface area contributed by atoms with Crippen molar-refractivity contribution >= 4 is 34.1 Å². The number of halogens is 1. The van der Waals surface area contributed by atoms with Crippen LogP contribution in [0.1, 0.15) is 23.3 Å². The van der Waals surface area contributed by atoms with Gasteiger partial charge in [0.1, 0.15) is 11.5 Å². The number of rotatable bonds is 4. The van der Waals surface area contributed by atoms with E-state index >= 15 is 0 Å². The van der Waals surface area contributed by atoms with E-state index in [0.29, 0.717) is 22.3 Å². The van der Waals surface area contributed by atoms with Crippen LogP contribution in [0.2, 0.25) is 0 Å². The summed E-state index contributed by atoms with van der Waals surface area (Å²) >= 11 is 0. The summed E-state index contributed by atoms with van der Waals surface area (Å²) in [7, 11) is 0. The van der Waals surface area contributed by atoms with Gasteiger partial charge in [-0.05, 0) is 49.2 Å². The second kappa shape index (κ2) is 6.05. The first kappa shape index (κ1) is 15.4. The minimum Gasteiger partial charge on any atom is -0.350 e. The van der Waals surface area contributed by atoms with Crippen LogP contribution in [0.3, 0.4) is 0 Å². The lowest BCUT2D eigenvalue weighted by molar-refractivity contribution is -0.117. The summed E-state index contributed by atoms with van der Waals surface area (Å²) in [6.07, 6.45) is 1.86. The van der Waals surface area contributed by atoms with Crippen molar-refractivity contribution in [3.63, 3.8) is 0 Å². The number of amides is 2. The SMILES string of the molecule is O=C(Nc1cccc(NC(=O)C2CC2)c1)c1cc2c(F)cccc2[nH]1. The second-order valence-electron chi connectivity index (χ2n) is 6.18. The van der Waals surface area contributed by atoms with Gasteiger partial charge in [-0.2, -0.15) is 0 Å². The number of aromatic nitrogens is 1. The third-order valence-corrected chi connectivity index (χ3v) is 4.19. The van der Waals surface area contributed by atoms with Crippen molar-refractivity contribution in [1.29, 1.82) is 0 Å². The van der Waals surface area contributed by atoms with Crippen LogP contribution in [0.4, 0.5) is 15.8 Å². The normalized spacial score (nSPS) is 13.6. The molecule has 1 fully saturated rings. The number of fused-ring (bicyclic) bond motifs is 1. The average Bonchev–Trinajstić information content (AvgIpc) is 3.34. The quantitative estimate of drug-likeness (QED) is 0.675. The van der Waals surface area contributed by atoms with Crippen LogP contribution in [-0.2, 0) is 4.79 Å². The van der Waals surface area contributed by atoms with Crippen LogP contribution in [0.15, 0.2) is 48.5 Å². The van der Waals surface area contributed by atoms with Gasteiger partial charge in [0.15, 0.2) is 0 Å². The fourth-order valence-corrected chi connectivity index (χ4v) is 2.70. The lowest BCUT2D eigenvalue weighted by atomic mass is 10.2. The van der Waals surface area contributed by atoms with Crippen molar-refractivity contribution in [2.45, 2.75) is 12.8 Å². The van der Waals surface area contributed by atoms with E-state index in [9.17, 15) is 14.0 Å². The summed E-state index contributed by atoms with van der Waals surface area (Å²) in [6.45, 7) is 0. The molecule has 0 atom stereocenters. The van der Waals surface area contributed by atoms with Crippen molar-refractivity contribution in [3.05, 3.63) is 60.0 Å². The van der Waals surface area contributed by atoms with Gasteiger partial charge in [-0.1, -0.05) is 12.1 Å². The van der Waals surface area contributed by atoms with Crippen LogP contribution in [-0.4, -0.2) is 16.8 Å². The fourth-order valence-electron chi connectivity index (χ4n) is 2.70. The summed E-state index contributed by atoms with van der Waals surface area (Å²) < 4.78 is 13.7. The Bertz CT molecular complexity index is 976. The average molecular weight is 337 g/mol. The molecule has 25 heavy (non-hydrogen) atoms. The zero-order valence-corrected chi connectivity index (χ0v) is 13.3. The number of carbonyl (C=O) groups excluding carboxylic acids is 2. The highest BCUT2D eigenvalue weighted by Crippen LogP contribution is 2.30. The third-order valence-electron chi connectivity index (χ3n) is 4.19. The number of nitrogens with one attached hydrogen (secondary N) is 3. The standard InChI is InChI=1S/C19H16FN3O2/c20-15-5-2-6-16-14(15)10-17(23-16)19(25)22-13-4-1-3-12(9-13)21-18(24)11-7-8-11/h1-6,9-11,23H,7-8H2,(H,21,24)(H,22,25). The molecule has 0 aliphatic heterocycles. The summed E-state index contributed by atoms with van der Waals surface area (Å²) in [5, 5.41) is 5.97. The van der Waals surface area contributed by atoms with Gasteiger partial charge in [0, 0.05) is 28.2 Å². The van der Waals surface area contributed by atoms with Gasteiger partial charge in [-0.15, -0.1) is 0 Å². The molecule has 0 bridgehead atoms. The molecular formula is C19H16FN3O2. The molecule has 1 heterocycles. The molecule has 1 aromatic heterocycles. The van der Waals surface area contributed by atoms with E-state index in [-0.39, 0.29) is 29.2 Å². The number of anilines is 2. The fraction of sp³-hybridized carbons (Fsp3) is 0.158. The molecule has 126 valence electrons. The van der Waals surface area contributed by atoms with Crippen LogP contribution >= 0.6 is 0 Å². The maximum absolute atomic E-state index is 13.7. The largest absolute Gasteiger partial charge is 0.350 e. The molecule has 1 saturated carbocycles. The Hall–Kier alpha value is -3.15. The van der Waals surface area contributed by atoms with E-state index in [2.05, 4.69) is 15.6 Å². The molecule has 1 aliphatic carbocycles. The number of benzene rings is 2. The van der Waals surface area contributed by atoms with E-state index in [0.717, 1.165) is 12.8 Å². The highest BCUT2D eigenvalue weighted by atomic mass is 19.1. The number of hydrogen-bond donors (Lipinski definition) is 3. The number of H-pyrrole nitrogens is 1. The Morgan fingerprint density at radius 2 is 1.72 bits per heavy atom. The first-order valence-electron chi connectivity index (χ1n) is 8.10. The zero-order chi connectivity index (χ0) is 17.4. The van der Waals surface area contributed by atoms with Crippen LogP contribution in [0.5, 0.6) is 0 Å². The van der Waals surface area contributed by atoms with Crippen LogP contribution < -0.4 is 10.6 Å². The van der Waals surface area contributed by atoms with Crippen molar-refractivity contribution in [3.8, 4) is 0 Å². The molecule has 0 radical (unpaired) electrons. The van der Waals surface area contributed by atoms with E-state index in [4.69, 9.17) is 0 Å². The molecule has 1 aliphatic rings. The molecule has 2 aromatic carbocycles. The van der Waals surface area contributed by atoms with Gasteiger partial charge < -0.3 is 15.6 Å². The van der Waals surface area contributed by atoms with Crippen molar-refractivity contribution in [1.82, 2.24) is 4.98 Å². The lowest BCUT2D eigenvalue weighted by Crippen LogP contribution is -2.15. The number of aromatic amines is 1. The summed E-state index contributed by atoms with van der Waals surface area (Å²) in [5.74, 6) is -0.632. The van der Waals surface area contributed by atoms with E-state index in [1.54, 1.807) is 36.4 Å². The van der Waals surface area contributed by atoms with E-state index in [1.807, 2.05) is 0 Å². The van der Waals surface area contributed by atoms with Gasteiger partial charge >= 0.3 is 0 Å². The molecule has 4 rings (SSSR count). The van der Waals surface area contributed by atoms with Crippen molar-refractivity contribution in [2.75, 3.05) is 10.6 Å². The molecule has 0 saturated heterocycles. The first-order valence-corrected chi connectivity index (χ1v) is 8.10. The smallest absolute Gasteiger partial charge is 0.272 e. The Morgan fingerprint density at radius 3 is 2.44 bits per heavy atom. The maximum Gasteiger partial charge on any atom is 0.272 e. The van der Waals surface area contributed by atoms with Gasteiger partial charge in [-0.25, -0.2) is 4.39 Å². The molecule has 5 nitrogen and oxygen atoms in total. The Morgan fingerprint density at radius 1 is 1.00 bits per heavy atom. The molecule has 0 unspecified atom stereocenters. The molecule has 3 aromatic rings. The Kier molecular flexibility index (Phi) is 3.72. The minimum atomic E-state index is -0.377. The zero-order valence-electron chi connectivity index (χ0n) is 13.3. The molecular weight excluding hydrogens is 321 g/mol. The van der Waals surface area contributed by atoms with Gasteiger partial charge in [0.05, 0.1) is 0 Å². The van der Waals surface area contributed by atoms with Gasteiger partial charge in [0.2, 0.25) is 5.91 Å². The predicted molar refractivity (Wildman–Crippen MR) is 94.0 cm³/mol. The van der Waals surface area contributed by atoms with E-state index < -0.39 is 0 Å². The molecule has 2 amide bonds. The third kappa shape index (κ3) is 3.24. The highest BCUT2D eigenvalue weighted by Gasteiger charge is 2.29. The highest BCUT2D eigenvalue weighted by molar-refractivity contribution is 6.06. The lowest BCUT2D eigenvalue weighted by Gasteiger charge is -2.08. The number of hydrogen-bond acceptors (Lipinski definition) is 2. The van der Waals surface area contributed by atoms with Crippen molar-refractivity contribution < 1.29 is 14.0 Å². The molecule has 6 heteroatoms. The topological polar surface area (TPSA) is 74.0 Å². The summed E-state index contributed by atoms with van der Waals surface area (Å²) in [6, 6.07) is 13.1. The monoisotopic (exact) mass is 337 g/mol. The van der Waals surface area contributed by atoms with Gasteiger partial charge in [0.25, 0.3) is 5.91 Å². The van der Waals surface area contributed by atoms with Gasteiger partial charge in [-0.3, -0.25) is 9.59 Å². The summed E-state index contributed by atoms with van der Waals surface area (Å²) in [4.78, 5) is 27.1. The van der Waals surface area contributed by atoms with Crippen LogP contribution in [0.25, 0.3) is 10.9 Å². The van der Waals surface area contributed by atoms with Crippen LogP contribution in [0, 0.1) is 11.7 Å².